The highest BCUT2D eigenvalue weighted by Crippen LogP contribution is 2.30. The summed E-state index contributed by atoms with van der Waals surface area (Å²) in [6, 6.07) is 2.23. The number of likely N-dealkylation sites (tertiary alicyclic amines) is 1. The minimum Gasteiger partial charge on any atom is -0.483 e. The summed E-state index contributed by atoms with van der Waals surface area (Å²) in [6.07, 6.45) is 2.21. The zero-order valence-electron chi connectivity index (χ0n) is 13.1. The molecule has 1 N–H and O–H groups in total. The number of nitrogens with zero attached hydrogens (tertiary/aromatic N) is 2. The number of hydrogen-bond acceptors (Lipinski definition) is 4. The van der Waals surface area contributed by atoms with E-state index in [4.69, 9.17) is 14.4 Å². The third-order valence-electron chi connectivity index (χ3n) is 3.72. The number of amides is 1. The third kappa shape index (κ3) is 4.31. The van der Waals surface area contributed by atoms with E-state index in [0.717, 1.165) is 25.1 Å². The molecule has 118 valence electrons. The standard InChI is InChI=1S/C14H22N2O2.CH2O2/c1-9(2)13(12-8-10(3)15-18-12)14(17)16-7-5-6-11(16)4;2-1-3/h8-9,11,13H,5-7H2,1-4H3;1H,(H,2,3). The Morgan fingerprint density at radius 1 is 1.57 bits per heavy atom. The van der Waals surface area contributed by atoms with Crippen molar-refractivity contribution in [1.29, 1.82) is 0 Å². The average Bonchev–Trinajstić information content (AvgIpc) is 2.99. The van der Waals surface area contributed by atoms with Crippen LogP contribution in [0.2, 0.25) is 0 Å². The highest BCUT2D eigenvalue weighted by atomic mass is 16.5. The van der Waals surface area contributed by atoms with E-state index in [-0.39, 0.29) is 24.2 Å². The van der Waals surface area contributed by atoms with Crippen LogP contribution in [0.5, 0.6) is 0 Å². The first-order valence-corrected chi connectivity index (χ1v) is 7.23. The van der Waals surface area contributed by atoms with Gasteiger partial charge in [0.15, 0.2) is 0 Å². The fourth-order valence-corrected chi connectivity index (χ4v) is 2.70. The van der Waals surface area contributed by atoms with Gasteiger partial charge in [0.2, 0.25) is 5.91 Å². The van der Waals surface area contributed by atoms with Gasteiger partial charge in [0.05, 0.1) is 5.69 Å². The van der Waals surface area contributed by atoms with Crippen LogP contribution in [0.25, 0.3) is 0 Å². The SMILES string of the molecule is Cc1cc(C(C(=O)N2CCCC2C)C(C)C)on1.O=CO. The maximum Gasteiger partial charge on any atom is 0.290 e. The Balaban J connectivity index is 0.000000677. The molecule has 1 fully saturated rings. The molecular formula is C15H24N2O4. The highest BCUT2D eigenvalue weighted by molar-refractivity contribution is 5.83. The molecule has 0 saturated carbocycles. The molecule has 6 nitrogen and oxygen atoms in total. The first-order chi connectivity index (χ1) is 9.92. The Bertz CT molecular complexity index is 470. The second-order valence-electron chi connectivity index (χ2n) is 5.72. The topological polar surface area (TPSA) is 83.6 Å². The number of aryl methyl sites for hydroxylation is 1. The fraction of sp³-hybridized carbons (Fsp3) is 0.667. The molecule has 1 aliphatic rings. The molecule has 2 heterocycles. The van der Waals surface area contributed by atoms with E-state index >= 15 is 0 Å². The van der Waals surface area contributed by atoms with Crippen LogP contribution in [0.4, 0.5) is 0 Å². The van der Waals surface area contributed by atoms with E-state index in [2.05, 4.69) is 25.9 Å². The zero-order chi connectivity index (χ0) is 16.0. The Labute approximate surface area is 125 Å². The van der Waals surface area contributed by atoms with Crippen molar-refractivity contribution >= 4 is 12.4 Å². The summed E-state index contributed by atoms with van der Waals surface area (Å²) in [5.74, 6) is 0.905. The Hall–Kier alpha value is -1.85. The van der Waals surface area contributed by atoms with Gasteiger partial charge in [-0.1, -0.05) is 19.0 Å². The van der Waals surface area contributed by atoms with Crippen molar-refractivity contribution in [2.75, 3.05) is 6.54 Å². The predicted octanol–water partition coefficient (Wildman–Crippen LogP) is 2.43. The van der Waals surface area contributed by atoms with Gasteiger partial charge in [0.1, 0.15) is 11.7 Å². The van der Waals surface area contributed by atoms with Crippen LogP contribution in [-0.4, -0.2) is 40.1 Å². The van der Waals surface area contributed by atoms with Gasteiger partial charge in [-0.25, -0.2) is 0 Å². The first kappa shape index (κ1) is 17.2. The Morgan fingerprint density at radius 3 is 2.57 bits per heavy atom. The van der Waals surface area contributed by atoms with Gasteiger partial charge >= 0.3 is 0 Å². The lowest BCUT2D eigenvalue weighted by atomic mass is 9.91. The normalized spacial score (nSPS) is 19.1. The van der Waals surface area contributed by atoms with E-state index in [1.54, 1.807) is 0 Å². The molecule has 6 heteroatoms. The summed E-state index contributed by atoms with van der Waals surface area (Å²) in [5, 5.41) is 10.8. The molecule has 0 aromatic carbocycles. The van der Waals surface area contributed by atoms with Gasteiger partial charge in [0, 0.05) is 18.7 Å². The number of hydrogen-bond donors (Lipinski definition) is 1. The third-order valence-corrected chi connectivity index (χ3v) is 3.72. The smallest absolute Gasteiger partial charge is 0.290 e. The number of rotatable bonds is 3. The maximum atomic E-state index is 12.6. The molecule has 1 amide bonds. The van der Waals surface area contributed by atoms with Crippen molar-refractivity contribution in [3.63, 3.8) is 0 Å². The molecule has 2 atom stereocenters. The fourth-order valence-electron chi connectivity index (χ4n) is 2.70. The van der Waals surface area contributed by atoms with Crippen molar-refractivity contribution < 1.29 is 19.2 Å². The molecule has 0 radical (unpaired) electrons. The number of carboxylic acid groups (broad SMARTS) is 1. The lowest BCUT2D eigenvalue weighted by Crippen LogP contribution is -2.38. The van der Waals surface area contributed by atoms with Gasteiger partial charge < -0.3 is 14.5 Å². The second-order valence-corrected chi connectivity index (χ2v) is 5.72. The molecule has 0 spiro atoms. The van der Waals surface area contributed by atoms with Gasteiger partial charge in [-0.2, -0.15) is 0 Å². The average molecular weight is 296 g/mol. The van der Waals surface area contributed by atoms with Crippen molar-refractivity contribution in [3.05, 3.63) is 17.5 Å². The van der Waals surface area contributed by atoms with E-state index < -0.39 is 0 Å². The van der Waals surface area contributed by atoms with Crippen molar-refractivity contribution in [3.8, 4) is 0 Å². The summed E-state index contributed by atoms with van der Waals surface area (Å²) in [7, 11) is 0. The molecule has 1 saturated heterocycles. The minimum absolute atomic E-state index is 0.186. The predicted molar refractivity (Wildman–Crippen MR) is 77.9 cm³/mol. The monoisotopic (exact) mass is 296 g/mol. The summed E-state index contributed by atoms with van der Waals surface area (Å²) in [5.41, 5.74) is 0.831. The van der Waals surface area contributed by atoms with Gasteiger partial charge in [-0.05, 0) is 32.6 Å². The molecule has 21 heavy (non-hydrogen) atoms. The molecule has 0 aliphatic carbocycles. The lowest BCUT2D eigenvalue weighted by Gasteiger charge is -2.27. The first-order valence-electron chi connectivity index (χ1n) is 7.23. The van der Waals surface area contributed by atoms with Crippen LogP contribution in [-0.2, 0) is 9.59 Å². The quantitative estimate of drug-likeness (QED) is 0.866. The van der Waals surface area contributed by atoms with E-state index in [0.29, 0.717) is 11.8 Å². The minimum atomic E-state index is -0.250. The Kier molecular flexibility index (Phi) is 6.39. The second kappa shape index (κ2) is 7.81. The molecule has 2 rings (SSSR count). The summed E-state index contributed by atoms with van der Waals surface area (Å²) >= 11 is 0. The number of carbonyl (C=O) groups is 2. The van der Waals surface area contributed by atoms with Crippen LogP contribution in [0.1, 0.15) is 51.0 Å². The molecule has 1 aromatic rings. The maximum absolute atomic E-state index is 12.6. The van der Waals surface area contributed by atoms with Crippen molar-refractivity contribution in [2.45, 2.75) is 52.5 Å². The molecule has 1 aromatic heterocycles. The van der Waals surface area contributed by atoms with Crippen LogP contribution in [0, 0.1) is 12.8 Å². The number of carbonyl (C=O) groups excluding carboxylic acids is 1. The van der Waals surface area contributed by atoms with Gasteiger partial charge in [0.25, 0.3) is 6.47 Å². The summed E-state index contributed by atoms with van der Waals surface area (Å²) in [6.45, 7) is 8.74. The highest BCUT2D eigenvalue weighted by Gasteiger charge is 2.35. The van der Waals surface area contributed by atoms with Crippen LogP contribution < -0.4 is 0 Å². The number of aromatic nitrogens is 1. The summed E-state index contributed by atoms with van der Waals surface area (Å²) < 4.78 is 5.31. The van der Waals surface area contributed by atoms with E-state index in [1.807, 2.05) is 17.9 Å². The molecule has 2 unspecified atom stereocenters. The van der Waals surface area contributed by atoms with Crippen LogP contribution >= 0.6 is 0 Å². The van der Waals surface area contributed by atoms with Crippen LogP contribution in [0.3, 0.4) is 0 Å². The summed E-state index contributed by atoms with van der Waals surface area (Å²) in [4.78, 5) is 23.0. The molecule has 1 aliphatic heterocycles. The van der Waals surface area contributed by atoms with Crippen molar-refractivity contribution in [1.82, 2.24) is 10.1 Å². The zero-order valence-corrected chi connectivity index (χ0v) is 13.1. The van der Waals surface area contributed by atoms with Gasteiger partial charge in [-0.3, -0.25) is 9.59 Å². The largest absolute Gasteiger partial charge is 0.483 e. The van der Waals surface area contributed by atoms with E-state index in [9.17, 15) is 4.79 Å². The van der Waals surface area contributed by atoms with Gasteiger partial charge in [-0.15, -0.1) is 0 Å². The van der Waals surface area contributed by atoms with Crippen LogP contribution in [0.15, 0.2) is 10.6 Å². The molecular weight excluding hydrogens is 272 g/mol. The van der Waals surface area contributed by atoms with Crippen molar-refractivity contribution in [2.24, 2.45) is 5.92 Å². The van der Waals surface area contributed by atoms with E-state index in [1.165, 1.54) is 0 Å². The Morgan fingerprint density at radius 2 is 2.19 bits per heavy atom. The lowest BCUT2D eigenvalue weighted by molar-refractivity contribution is -0.135. The molecule has 0 bridgehead atoms.